The lowest BCUT2D eigenvalue weighted by Gasteiger charge is -2.60. The summed E-state index contributed by atoms with van der Waals surface area (Å²) in [6, 6.07) is 0. The highest BCUT2D eigenvalue weighted by Crippen LogP contribution is 2.67. The second-order valence-corrected chi connectivity index (χ2v) is 9.36. The number of terminal acetylenes is 1. The summed E-state index contributed by atoms with van der Waals surface area (Å²) < 4.78 is 14.7. The van der Waals surface area contributed by atoms with E-state index in [0.717, 1.165) is 25.7 Å². The molecule has 0 aromatic carbocycles. The highest BCUT2D eigenvalue weighted by Gasteiger charge is 2.65. The molecule has 3 saturated carbocycles. The van der Waals surface area contributed by atoms with Gasteiger partial charge >= 0.3 is 0 Å². The lowest BCUT2D eigenvalue weighted by atomic mass is 9.45. The van der Waals surface area contributed by atoms with Crippen LogP contribution in [0.5, 0.6) is 0 Å². The Bertz CT molecular complexity index is 667. The van der Waals surface area contributed by atoms with Crippen molar-refractivity contribution in [1.82, 2.24) is 0 Å². The minimum absolute atomic E-state index is 0.0397. The molecule has 0 radical (unpaired) electrons. The maximum absolute atomic E-state index is 14.7. The average Bonchev–Trinajstić information content (AvgIpc) is 2.86. The number of hydrogen-bond acceptors (Lipinski definition) is 3. The van der Waals surface area contributed by atoms with Gasteiger partial charge in [-0.25, -0.2) is 4.39 Å². The molecule has 3 N–H and O–H groups in total. The zero-order valence-electron chi connectivity index (χ0n) is 15.1. The SMILES string of the molecule is C#C[C@]1(O)CC[C@H]2[C@@H]3[C@H](O)CC4=C(F)[C@H](O)CC[C@]4(C)[C@H]3CC[C@@]21C. The summed E-state index contributed by atoms with van der Waals surface area (Å²) in [4.78, 5) is 0. The van der Waals surface area contributed by atoms with E-state index in [1.54, 1.807) is 0 Å². The molecule has 3 fully saturated rings. The van der Waals surface area contributed by atoms with Gasteiger partial charge in [-0.1, -0.05) is 19.8 Å². The largest absolute Gasteiger partial charge is 0.392 e. The van der Waals surface area contributed by atoms with Gasteiger partial charge in [0, 0.05) is 5.41 Å². The Labute approximate surface area is 149 Å². The van der Waals surface area contributed by atoms with Gasteiger partial charge in [0.25, 0.3) is 0 Å². The third-order valence-corrected chi connectivity index (χ3v) is 8.61. The summed E-state index contributed by atoms with van der Waals surface area (Å²) in [5.41, 5.74) is -1.15. The fourth-order valence-corrected chi connectivity index (χ4v) is 7.00. The minimum atomic E-state index is -1.10. The first kappa shape index (κ1) is 17.5. The van der Waals surface area contributed by atoms with Gasteiger partial charge < -0.3 is 15.3 Å². The van der Waals surface area contributed by atoms with E-state index in [1.807, 2.05) is 0 Å². The normalized spacial score (nSPS) is 55.2. The predicted octanol–water partition coefficient (Wildman–Crippen LogP) is 2.94. The van der Waals surface area contributed by atoms with Gasteiger partial charge in [-0.2, -0.15) is 0 Å². The molecule has 8 atom stereocenters. The molecule has 138 valence electrons. The van der Waals surface area contributed by atoms with Crippen LogP contribution >= 0.6 is 0 Å². The number of aliphatic hydroxyl groups is 3. The Hall–Kier alpha value is -0.890. The molecule has 4 aliphatic rings. The maximum Gasteiger partial charge on any atom is 0.130 e. The van der Waals surface area contributed by atoms with E-state index < -0.39 is 23.6 Å². The maximum atomic E-state index is 14.7. The minimum Gasteiger partial charge on any atom is -0.392 e. The van der Waals surface area contributed by atoms with Gasteiger partial charge in [-0.3, -0.25) is 0 Å². The van der Waals surface area contributed by atoms with Crippen LogP contribution < -0.4 is 0 Å². The highest BCUT2D eigenvalue weighted by molar-refractivity contribution is 5.32. The molecule has 0 aromatic rings. The van der Waals surface area contributed by atoms with Crippen molar-refractivity contribution in [1.29, 1.82) is 0 Å². The van der Waals surface area contributed by atoms with Gasteiger partial charge in [0.1, 0.15) is 17.5 Å². The zero-order valence-corrected chi connectivity index (χ0v) is 15.1. The number of fused-ring (bicyclic) bond motifs is 5. The van der Waals surface area contributed by atoms with Crippen molar-refractivity contribution in [3.8, 4) is 12.3 Å². The molecule has 4 rings (SSSR count). The van der Waals surface area contributed by atoms with Crippen molar-refractivity contribution in [3.63, 3.8) is 0 Å². The summed E-state index contributed by atoms with van der Waals surface area (Å²) in [6.07, 6.45) is 8.56. The Balaban J connectivity index is 1.76. The third kappa shape index (κ3) is 2.04. The summed E-state index contributed by atoms with van der Waals surface area (Å²) in [6.45, 7) is 4.19. The fourth-order valence-electron chi connectivity index (χ4n) is 7.00. The van der Waals surface area contributed by atoms with E-state index >= 15 is 0 Å². The predicted molar refractivity (Wildman–Crippen MR) is 92.9 cm³/mol. The van der Waals surface area contributed by atoms with Gasteiger partial charge in [-0.05, 0) is 73.7 Å². The molecule has 0 amide bonds. The van der Waals surface area contributed by atoms with Crippen molar-refractivity contribution in [2.75, 3.05) is 0 Å². The molecular weight excluding hydrogens is 319 g/mol. The van der Waals surface area contributed by atoms with Crippen LogP contribution in [-0.4, -0.2) is 33.1 Å². The molecule has 0 aliphatic heterocycles. The van der Waals surface area contributed by atoms with Crippen LogP contribution in [0.1, 0.15) is 58.8 Å². The van der Waals surface area contributed by atoms with E-state index in [2.05, 4.69) is 19.8 Å². The zero-order chi connectivity index (χ0) is 18.2. The van der Waals surface area contributed by atoms with Gasteiger partial charge in [0.2, 0.25) is 0 Å². The van der Waals surface area contributed by atoms with E-state index in [1.165, 1.54) is 0 Å². The Morgan fingerprint density at radius 3 is 2.44 bits per heavy atom. The number of halogens is 1. The topological polar surface area (TPSA) is 60.7 Å². The lowest BCUT2D eigenvalue weighted by Crippen LogP contribution is -2.58. The van der Waals surface area contributed by atoms with Crippen molar-refractivity contribution in [2.24, 2.45) is 28.6 Å². The van der Waals surface area contributed by atoms with Crippen LogP contribution in [0.15, 0.2) is 11.4 Å². The van der Waals surface area contributed by atoms with Gasteiger partial charge in [-0.15, -0.1) is 6.42 Å². The Kier molecular flexibility index (Phi) is 3.72. The summed E-state index contributed by atoms with van der Waals surface area (Å²) in [7, 11) is 0. The van der Waals surface area contributed by atoms with Crippen LogP contribution in [0, 0.1) is 40.9 Å². The van der Waals surface area contributed by atoms with Gasteiger partial charge in [0.15, 0.2) is 0 Å². The standard InChI is InChI=1S/C21H29FO3/c1-4-21(25)10-6-13-17-12(5-9-20(13,21)3)19(2)8-7-15(23)18(22)14(19)11-16(17)24/h1,12-13,15-17,23-25H,5-11H2,2-3H3/t12-,13-,15+,16+,17+,19+,20-,21-/m0/s1. The molecule has 0 bridgehead atoms. The van der Waals surface area contributed by atoms with E-state index in [-0.39, 0.29) is 28.6 Å². The molecule has 0 unspecified atom stereocenters. The van der Waals surface area contributed by atoms with Crippen molar-refractivity contribution in [3.05, 3.63) is 11.4 Å². The van der Waals surface area contributed by atoms with Gasteiger partial charge in [0.05, 0.1) is 6.10 Å². The Morgan fingerprint density at radius 2 is 1.76 bits per heavy atom. The number of hydrogen-bond donors (Lipinski definition) is 3. The first-order valence-corrected chi connectivity index (χ1v) is 9.63. The molecule has 4 aliphatic carbocycles. The lowest BCUT2D eigenvalue weighted by molar-refractivity contribution is -0.138. The molecule has 0 aromatic heterocycles. The number of aliphatic hydroxyl groups excluding tert-OH is 2. The summed E-state index contributed by atoms with van der Waals surface area (Å²) in [5, 5.41) is 31.9. The molecule has 0 saturated heterocycles. The van der Waals surface area contributed by atoms with Crippen molar-refractivity contribution >= 4 is 0 Å². The van der Waals surface area contributed by atoms with Crippen molar-refractivity contribution < 1.29 is 19.7 Å². The van der Waals surface area contributed by atoms with E-state index in [9.17, 15) is 19.7 Å². The van der Waals surface area contributed by atoms with Crippen LogP contribution in [-0.2, 0) is 0 Å². The second kappa shape index (κ2) is 5.31. The monoisotopic (exact) mass is 348 g/mol. The average molecular weight is 348 g/mol. The van der Waals surface area contributed by atoms with Crippen LogP contribution in [0.3, 0.4) is 0 Å². The first-order chi connectivity index (χ1) is 11.7. The molecule has 0 heterocycles. The highest BCUT2D eigenvalue weighted by atomic mass is 19.1. The molecule has 0 spiro atoms. The van der Waals surface area contributed by atoms with Crippen LogP contribution in [0.25, 0.3) is 0 Å². The van der Waals surface area contributed by atoms with E-state index in [4.69, 9.17) is 6.42 Å². The fraction of sp³-hybridized carbons (Fsp3) is 0.810. The van der Waals surface area contributed by atoms with Crippen molar-refractivity contribution in [2.45, 2.75) is 76.6 Å². The third-order valence-electron chi connectivity index (χ3n) is 8.61. The summed E-state index contributed by atoms with van der Waals surface area (Å²) >= 11 is 0. The molecule has 3 nitrogen and oxygen atoms in total. The second-order valence-electron chi connectivity index (χ2n) is 9.36. The van der Waals surface area contributed by atoms with Crippen LogP contribution in [0.4, 0.5) is 4.39 Å². The Morgan fingerprint density at radius 1 is 1.08 bits per heavy atom. The molecule has 25 heavy (non-hydrogen) atoms. The van der Waals surface area contributed by atoms with Crippen LogP contribution in [0.2, 0.25) is 0 Å². The number of rotatable bonds is 0. The summed E-state index contributed by atoms with van der Waals surface area (Å²) in [5.74, 6) is 2.61. The van der Waals surface area contributed by atoms with E-state index in [0.29, 0.717) is 24.8 Å². The molecular formula is C21H29FO3. The molecule has 4 heteroatoms. The smallest absolute Gasteiger partial charge is 0.130 e. The first-order valence-electron chi connectivity index (χ1n) is 9.63. The quantitative estimate of drug-likeness (QED) is 0.590.